The van der Waals surface area contributed by atoms with Gasteiger partial charge in [0.2, 0.25) is 5.95 Å². The normalized spacial score (nSPS) is 25.8. The Morgan fingerprint density at radius 2 is 2.12 bits per heavy atom. The Labute approximate surface area is 98.7 Å². The molecule has 16 heavy (non-hydrogen) atoms. The van der Waals surface area contributed by atoms with E-state index in [4.69, 9.17) is 16.7 Å². The Morgan fingerprint density at radius 3 is 2.69 bits per heavy atom. The number of halogens is 1. The van der Waals surface area contributed by atoms with Gasteiger partial charge in [0, 0.05) is 25.6 Å². The molecule has 6 heteroatoms. The summed E-state index contributed by atoms with van der Waals surface area (Å²) in [5.74, 6) is 0.531. The molecule has 0 amide bonds. The second-order valence-electron chi connectivity index (χ2n) is 3.95. The zero-order valence-electron chi connectivity index (χ0n) is 8.75. The van der Waals surface area contributed by atoms with Gasteiger partial charge in [-0.15, -0.1) is 0 Å². The molecule has 0 saturated carbocycles. The van der Waals surface area contributed by atoms with E-state index in [-0.39, 0.29) is 12.5 Å². The van der Waals surface area contributed by atoms with Crippen LogP contribution in [-0.2, 0) is 0 Å². The van der Waals surface area contributed by atoms with E-state index in [2.05, 4.69) is 9.97 Å². The first-order valence-electron chi connectivity index (χ1n) is 5.22. The molecule has 0 aromatic carbocycles. The molecule has 5 nitrogen and oxygen atoms in total. The first kappa shape index (κ1) is 11.6. The fourth-order valence-corrected chi connectivity index (χ4v) is 1.94. The summed E-state index contributed by atoms with van der Waals surface area (Å²) < 4.78 is 0. The smallest absolute Gasteiger partial charge is 0.225 e. The van der Waals surface area contributed by atoms with E-state index in [1.165, 1.54) is 12.4 Å². The number of rotatable bonds is 2. The lowest BCUT2D eigenvalue weighted by atomic mass is 9.95. The lowest BCUT2D eigenvalue weighted by Gasteiger charge is -2.34. The number of aromatic nitrogens is 2. The van der Waals surface area contributed by atoms with E-state index in [0.29, 0.717) is 17.5 Å². The van der Waals surface area contributed by atoms with E-state index in [1.54, 1.807) is 0 Å². The summed E-state index contributed by atoms with van der Waals surface area (Å²) in [5, 5.41) is 19.3. The van der Waals surface area contributed by atoms with Crippen LogP contribution in [0.15, 0.2) is 12.4 Å². The summed E-state index contributed by atoms with van der Waals surface area (Å²) in [6.45, 7) is 1.22. The van der Waals surface area contributed by atoms with Crippen LogP contribution in [0.5, 0.6) is 0 Å². The van der Waals surface area contributed by atoms with Gasteiger partial charge in [-0.2, -0.15) is 0 Å². The third kappa shape index (κ3) is 2.42. The molecule has 0 radical (unpaired) electrons. The minimum atomic E-state index is -0.530. The molecule has 88 valence electrons. The fraction of sp³-hybridized carbons (Fsp3) is 0.600. The van der Waals surface area contributed by atoms with Crippen molar-refractivity contribution >= 4 is 17.5 Å². The Bertz CT molecular complexity index is 346. The molecule has 0 spiro atoms. The van der Waals surface area contributed by atoms with Crippen LogP contribution in [0.4, 0.5) is 5.95 Å². The van der Waals surface area contributed by atoms with Gasteiger partial charge >= 0.3 is 0 Å². The molecule has 2 atom stereocenters. The number of piperidine rings is 1. The summed E-state index contributed by atoms with van der Waals surface area (Å²) in [6.07, 6.45) is 3.28. The highest BCUT2D eigenvalue weighted by Gasteiger charge is 2.28. The lowest BCUT2D eigenvalue weighted by Crippen LogP contribution is -2.45. The molecule has 0 bridgehead atoms. The maximum atomic E-state index is 9.77. The number of hydrogen-bond acceptors (Lipinski definition) is 5. The number of aliphatic hydroxyl groups is 2. The monoisotopic (exact) mass is 243 g/mol. The van der Waals surface area contributed by atoms with Gasteiger partial charge in [0.1, 0.15) is 0 Å². The molecule has 0 unspecified atom stereocenters. The predicted molar refractivity (Wildman–Crippen MR) is 60.5 cm³/mol. The SMILES string of the molecule is OC[C@H]1CCN(c2ncc(Cl)cn2)C[C@@H]1O. The van der Waals surface area contributed by atoms with Crippen LogP contribution in [0, 0.1) is 5.92 Å². The topological polar surface area (TPSA) is 69.5 Å². The van der Waals surface area contributed by atoms with Gasteiger partial charge in [0.05, 0.1) is 23.5 Å². The van der Waals surface area contributed by atoms with Crippen molar-refractivity contribution in [1.29, 1.82) is 0 Å². The molecule has 0 aliphatic carbocycles. The summed E-state index contributed by atoms with van der Waals surface area (Å²) in [7, 11) is 0. The first-order valence-corrected chi connectivity index (χ1v) is 5.60. The van der Waals surface area contributed by atoms with Gasteiger partial charge in [-0.1, -0.05) is 11.6 Å². The van der Waals surface area contributed by atoms with E-state index in [1.807, 2.05) is 4.90 Å². The van der Waals surface area contributed by atoms with Crippen LogP contribution in [-0.4, -0.2) is 46.0 Å². The lowest BCUT2D eigenvalue weighted by molar-refractivity contribution is 0.0544. The quantitative estimate of drug-likeness (QED) is 0.783. The van der Waals surface area contributed by atoms with Crippen molar-refractivity contribution < 1.29 is 10.2 Å². The van der Waals surface area contributed by atoms with Crippen molar-refractivity contribution in [2.45, 2.75) is 12.5 Å². The number of nitrogens with zero attached hydrogens (tertiary/aromatic N) is 3. The van der Waals surface area contributed by atoms with Gasteiger partial charge in [-0.25, -0.2) is 9.97 Å². The summed E-state index contributed by atoms with van der Waals surface area (Å²) in [6, 6.07) is 0. The van der Waals surface area contributed by atoms with Crippen LogP contribution in [0.1, 0.15) is 6.42 Å². The van der Waals surface area contributed by atoms with Crippen molar-refractivity contribution in [2.75, 3.05) is 24.6 Å². The average Bonchev–Trinajstić information content (AvgIpc) is 2.30. The molecule has 1 fully saturated rings. The largest absolute Gasteiger partial charge is 0.396 e. The van der Waals surface area contributed by atoms with Crippen LogP contribution in [0.3, 0.4) is 0 Å². The van der Waals surface area contributed by atoms with Gasteiger partial charge in [0.15, 0.2) is 0 Å². The third-order valence-corrected chi connectivity index (χ3v) is 3.04. The zero-order chi connectivity index (χ0) is 11.5. The minimum absolute atomic E-state index is 0.0243. The Hall–Kier alpha value is -0.910. The van der Waals surface area contributed by atoms with Crippen molar-refractivity contribution in [1.82, 2.24) is 9.97 Å². The van der Waals surface area contributed by atoms with Crippen molar-refractivity contribution in [3.8, 4) is 0 Å². The highest BCUT2D eigenvalue weighted by atomic mass is 35.5. The second-order valence-corrected chi connectivity index (χ2v) is 4.38. The number of anilines is 1. The summed E-state index contributed by atoms with van der Waals surface area (Å²) >= 11 is 5.70. The molecule has 1 saturated heterocycles. The van der Waals surface area contributed by atoms with Crippen LogP contribution < -0.4 is 4.90 Å². The molecule has 1 aliphatic heterocycles. The van der Waals surface area contributed by atoms with E-state index >= 15 is 0 Å². The number of β-amino-alcohol motifs (C(OH)–C–C–N with tert-alkyl or cyclic N) is 1. The molecule has 1 aromatic heterocycles. The highest BCUT2D eigenvalue weighted by Crippen LogP contribution is 2.20. The Morgan fingerprint density at radius 1 is 1.44 bits per heavy atom. The fourth-order valence-electron chi connectivity index (χ4n) is 1.84. The maximum Gasteiger partial charge on any atom is 0.225 e. The molecule has 2 heterocycles. The summed E-state index contributed by atoms with van der Waals surface area (Å²) in [4.78, 5) is 10.1. The van der Waals surface area contributed by atoms with Crippen molar-refractivity contribution in [3.05, 3.63) is 17.4 Å². The van der Waals surface area contributed by atoms with E-state index in [9.17, 15) is 5.11 Å². The van der Waals surface area contributed by atoms with Crippen LogP contribution >= 0.6 is 11.6 Å². The van der Waals surface area contributed by atoms with E-state index in [0.717, 1.165) is 13.0 Å². The second kappa shape index (κ2) is 4.95. The average molecular weight is 244 g/mol. The molecular formula is C10H14ClN3O2. The van der Waals surface area contributed by atoms with E-state index < -0.39 is 6.10 Å². The number of aliphatic hydroxyl groups excluding tert-OH is 2. The first-order chi connectivity index (χ1) is 7.70. The number of hydrogen-bond donors (Lipinski definition) is 2. The molecular weight excluding hydrogens is 230 g/mol. The predicted octanol–water partition coefficient (Wildman–Crippen LogP) is 0.309. The van der Waals surface area contributed by atoms with Crippen LogP contribution in [0.25, 0.3) is 0 Å². The molecule has 1 aliphatic rings. The molecule has 1 aromatic rings. The Balaban J connectivity index is 2.04. The van der Waals surface area contributed by atoms with Gasteiger partial charge in [0.25, 0.3) is 0 Å². The van der Waals surface area contributed by atoms with Crippen molar-refractivity contribution in [2.24, 2.45) is 5.92 Å². The van der Waals surface area contributed by atoms with Gasteiger partial charge < -0.3 is 15.1 Å². The Kier molecular flexibility index (Phi) is 3.58. The third-order valence-electron chi connectivity index (χ3n) is 2.85. The van der Waals surface area contributed by atoms with Crippen molar-refractivity contribution in [3.63, 3.8) is 0 Å². The maximum absolute atomic E-state index is 9.77. The van der Waals surface area contributed by atoms with Gasteiger partial charge in [-0.05, 0) is 6.42 Å². The summed E-state index contributed by atoms with van der Waals surface area (Å²) in [5.41, 5.74) is 0. The zero-order valence-corrected chi connectivity index (χ0v) is 9.51. The van der Waals surface area contributed by atoms with Crippen LogP contribution in [0.2, 0.25) is 5.02 Å². The standard InChI is InChI=1S/C10H14ClN3O2/c11-8-3-12-10(13-4-8)14-2-1-7(6-15)9(16)5-14/h3-4,7,9,15-16H,1-2,5-6H2/t7-,9+/m1/s1. The molecule has 2 rings (SSSR count). The molecule has 2 N–H and O–H groups in total. The minimum Gasteiger partial charge on any atom is -0.396 e. The van der Waals surface area contributed by atoms with Gasteiger partial charge in [-0.3, -0.25) is 0 Å². The highest BCUT2D eigenvalue weighted by molar-refractivity contribution is 6.30.